The van der Waals surface area contributed by atoms with Crippen molar-refractivity contribution in [2.45, 2.75) is 47.1 Å². The first kappa shape index (κ1) is 14.5. The Morgan fingerprint density at radius 1 is 1.25 bits per heavy atom. The molecule has 0 amide bonds. The van der Waals surface area contributed by atoms with E-state index in [1.807, 2.05) is 24.0 Å². The summed E-state index contributed by atoms with van der Waals surface area (Å²) in [6.45, 7) is 11.3. The molecule has 0 spiro atoms. The Kier molecular flexibility index (Phi) is 4.37. The summed E-state index contributed by atoms with van der Waals surface area (Å²) in [5.74, 6) is 1.68. The molecule has 2 rings (SSSR count). The second kappa shape index (κ2) is 6.03. The topological polar surface area (TPSA) is 55.6 Å². The maximum absolute atomic E-state index is 4.66. The lowest BCUT2D eigenvalue weighted by Gasteiger charge is -2.12. The molecule has 0 aliphatic rings. The molecule has 20 heavy (non-hydrogen) atoms. The quantitative estimate of drug-likeness (QED) is 0.908. The summed E-state index contributed by atoms with van der Waals surface area (Å²) < 4.78 is 1.93. The van der Waals surface area contributed by atoms with Gasteiger partial charge in [0, 0.05) is 30.0 Å². The standard InChI is InChI=1S/C15H23N5/c1-6-13-11(5)18-14(19-15(13)16-7-2)12-8-17-20(9-12)10(3)4/h8-10H,6-7H2,1-5H3,(H,16,18,19). The van der Waals surface area contributed by atoms with Crippen LogP contribution in [0.1, 0.15) is 45.0 Å². The second-order valence-electron chi connectivity index (χ2n) is 5.15. The van der Waals surface area contributed by atoms with Gasteiger partial charge < -0.3 is 5.32 Å². The Balaban J connectivity index is 2.45. The Bertz CT molecular complexity index is 586. The van der Waals surface area contributed by atoms with Crippen molar-refractivity contribution >= 4 is 5.82 Å². The minimum absolute atomic E-state index is 0.341. The van der Waals surface area contributed by atoms with Gasteiger partial charge in [0.15, 0.2) is 5.82 Å². The van der Waals surface area contributed by atoms with Crippen molar-refractivity contribution in [1.29, 1.82) is 0 Å². The fourth-order valence-electron chi connectivity index (χ4n) is 2.20. The number of anilines is 1. The largest absolute Gasteiger partial charge is 0.370 e. The van der Waals surface area contributed by atoms with Crippen molar-refractivity contribution in [2.75, 3.05) is 11.9 Å². The molecule has 0 saturated carbocycles. The van der Waals surface area contributed by atoms with Crippen molar-refractivity contribution in [3.05, 3.63) is 23.7 Å². The van der Waals surface area contributed by atoms with E-state index in [2.05, 4.69) is 48.1 Å². The maximum atomic E-state index is 4.66. The number of hydrogen-bond donors (Lipinski definition) is 1. The van der Waals surface area contributed by atoms with Gasteiger partial charge in [-0.2, -0.15) is 5.10 Å². The summed E-state index contributed by atoms with van der Waals surface area (Å²) in [6, 6.07) is 0.341. The van der Waals surface area contributed by atoms with E-state index in [0.29, 0.717) is 6.04 Å². The van der Waals surface area contributed by atoms with Crippen LogP contribution in [0, 0.1) is 6.92 Å². The van der Waals surface area contributed by atoms with Gasteiger partial charge in [-0.15, -0.1) is 0 Å². The van der Waals surface area contributed by atoms with Crippen LogP contribution in [0.5, 0.6) is 0 Å². The molecule has 108 valence electrons. The normalized spacial score (nSPS) is 11.1. The maximum Gasteiger partial charge on any atom is 0.164 e. The highest BCUT2D eigenvalue weighted by atomic mass is 15.3. The Labute approximate surface area is 120 Å². The van der Waals surface area contributed by atoms with Gasteiger partial charge in [-0.3, -0.25) is 4.68 Å². The van der Waals surface area contributed by atoms with Gasteiger partial charge in [-0.25, -0.2) is 9.97 Å². The van der Waals surface area contributed by atoms with E-state index in [9.17, 15) is 0 Å². The zero-order valence-corrected chi connectivity index (χ0v) is 12.9. The average molecular weight is 273 g/mol. The predicted octanol–water partition coefficient (Wildman–Crippen LogP) is 3.22. The Morgan fingerprint density at radius 3 is 2.55 bits per heavy atom. The number of nitrogens with one attached hydrogen (secondary N) is 1. The van der Waals surface area contributed by atoms with Crippen LogP contribution in [-0.2, 0) is 6.42 Å². The van der Waals surface area contributed by atoms with E-state index < -0.39 is 0 Å². The summed E-state index contributed by atoms with van der Waals surface area (Å²) in [5.41, 5.74) is 3.18. The molecule has 0 fully saturated rings. The number of rotatable bonds is 5. The Morgan fingerprint density at radius 2 is 2.00 bits per heavy atom. The van der Waals surface area contributed by atoms with Crippen LogP contribution in [0.4, 0.5) is 5.82 Å². The number of aromatic nitrogens is 4. The molecule has 2 aromatic rings. The van der Waals surface area contributed by atoms with Crippen molar-refractivity contribution < 1.29 is 0 Å². The van der Waals surface area contributed by atoms with E-state index in [1.54, 1.807) is 0 Å². The van der Waals surface area contributed by atoms with E-state index in [1.165, 1.54) is 5.56 Å². The molecule has 0 aliphatic carbocycles. The number of hydrogen-bond acceptors (Lipinski definition) is 4. The lowest BCUT2D eigenvalue weighted by molar-refractivity contribution is 0.532. The van der Waals surface area contributed by atoms with Crippen LogP contribution in [0.25, 0.3) is 11.4 Å². The van der Waals surface area contributed by atoms with Gasteiger partial charge in [0.1, 0.15) is 5.82 Å². The van der Waals surface area contributed by atoms with Gasteiger partial charge in [0.05, 0.1) is 11.8 Å². The first-order valence-electron chi connectivity index (χ1n) is 7.22. The average Bonchev–Trinajstić information content (AvgIpc) is 2.88. The predicted molar refractivity (Wildman–Crippen MR) is 81.9 cm³/mol. The lowest BCUT2D eigenvalue weighted by Crippen LogP contribution is -2.07. The molecular weight excluding hydrogens is 250 g/mol. The third-order valence-electron chi connectivity index (χ3n) is 3.30. The van der Waals surface area contributed by atoms with Crippen molar-refractivity contribution in [3.63, 3.8) is 0 Å². The fourth-order valence-corrected chi connectivity index (χ4v) is 2.20. The number of nitrogens with zero attached hydrogens (tertiary/aromatic N) is 4. The summed E-state index contributed by atoms with van der Waals surface area (Å²) >= 11 is 0. The summed E-state index contributed by atoms with van der Waals surface area (Å²) in [7, 11) is 0. The highest BCUT2D eigenvalue weighted by Crippen LogP contribution is 2.23. The third-order valence-corrected chi connectivity index (χ3v) is 3.30. The van der Waals surface area contributed by atoms with Crippen LogP contribution in [-0.4, -0.2) is 26.3 Å². The molecule has 0 saturated heterocycles. The second-order valence-corrected chi connectivity index (χ2v) is 5.15. The molecule has 0 radical (unpaired) electrons. The van der Waals surface area contributed by atoms with Crippen LogP contribution in [0.2, 0.25) is 0 Å². The molecule has 5 heteroatoms. The highest BCUT2D eigenvalue weighted by molar-refractivity contribution is 5.58. The zero-order valence-electron chi connectivity index (χ0n) is 12.9. The van der Waals surface area contributed by atoms with Crippen LogP contribution < -0.4 is 5.32 Å². The summed E-state index contributed by atoms with van der Waals surface area (Å²) in [6.07, 6.45) is 4.76. The van der Waals surface area contributed by atoms with E-state index in [4.69, 9.17) is 0 Å². The SMILES string of the molecule is CCNc1nc(-c2cnn(C(C)C)c2)nc(C)c1CC. The van der Waals surface area contributed by atoms with Crippen molar-refractivity contribution in [2.24, 2.45) is 0 Å². The van der Waals surface area contributed by atoms with Gasteiger partial charge in [0.25, 0.3) is 0 Å². The first-order chi connectivity index (χ1) is 9.56. The molecule has 0 aliphatic heterocycles. The van der Waals surface area contributed by atoms with Gasteiger partial charge in [0.2, 0.25) is 0 Å². The molecule has 2 heterocycles. The molecule has 2 aromatic heterocycles. The van der Waals surface area contributed by atoms with Crippen molar-refractivity contribution in [3.8, 4) is 11.4 Å². The smallest absolute Gasteiger partial charge is 0.164 e. The zero-order chi connectivity index (χ0) is 14.7. The van der Waals surface area contributed by atoms with E-state index in [0.717, 1.165) is 35.9 Å². The van der Waals surface area contributed by atoms with E-state index >= 15 is 0 Å². The first-order valence-corrected chi connectivity index (χ1v) is 7.22. The van der Waals surface area contributed by atoms with Crippen LogP contribution >= 0.6 is 0 Å². The highest BCUT2D eigenvalue weighted by Gasteiger charge is 2.13. The lowest BCUT2D eigenvalue weighted by atomic mass is 10.1. The minimum Gasteiger partial charge on any atom is -0.370 e. The summed E-state index contributed by atoms with van der Waals surface area (Å²) in [4.78, 5) is 9.29. The minimum atomic E-state index is 0.341. The molecule has 5 nitrogen and oxygen atoms in total. The summed E-state index contributed by atoms with van der Waals surface area (Å²) in [5, 5.41) is 7.69. The number of aryl methyl sites for hydroxylation is 1. The molecule has 0 atom stereocenters. The molecule has 0 bridgehead atoms. The monoisotopic (exact) mass is 273 g/mol. The third kappa shape index (κ3) is 2.81. The van der Waals surface area contributed by atoms with Crippen LogP contribution in [0.15, 0.2) is 12.4 Å². The van der Waals surface area contributed by atoms with E-state index in [-0.39, 0.29) is 0 Å². The molecular formula is C15H23N5. The fraction of sp³-hybridized carbons (Fsp3) is 0.533. The van der Waals surface area contributed by atoms with Crippen LogP contribution in [0.3, 0.4) is 0 Å². The van der Waals surface area contributed by atoms with Gasteiger partial charge >= 0.3 is 0 Å². The van der Waals surface area contributed by atoms with Gasteiger partial charge in [-0.05, 0) is 34.1 Å². The Hall–Kier alpha value is -1.91. The molecule has 1 N–H and O–H groups in total. The van der Waals surface area contributed by atoms with Crippen molar-refractivity contribution in [1.82, 2.24) is 19.7 Å². The van der Waals surface area contributed by atoms with Gasteiger partial charge in [-0.1, -0.05) is 6.92 Å². The molecule has 0 unspecified atom stereocenters. The molecule has 0 aromatic carbocycles.